The number of hydrogen-bond donors (Lipinski definition) is 0. The van der Waals surface area contributed by atoms with Gasteiger partial charge >= 0.3 is 17.9 Å². The third kappa shape index (κ3) is 48.5. The summed E-state index contributed by atoms with van der Waals surface area (Å²) >= 11 is 0. The van der Waals surface area contributed by atoms with Crippen LogP contribution in [0.1, 0.15) is 278 Å². The van der Waals surface area contributed by atoms with Gasteiger partial charge in [0.2, 0.25) is 0 Å². The van der Waals surface area contributed by atoms with Gasteiger partial charge in [0.05, 0.1) is 0 Å². The highest BCUT2D eigenvalue weighted by molar-refractivity contribution is 5.71. The van der Waals surface area contributed by atoms with Crippen LogP contribution in [-0.4, -0.2) is 37.2 Å². The summed E-state index contributed by atoms with van der Waals surface area (Å²) < 4.78 is 16.8. The molecular weight excluding hydrogens is 757 g/mol. The number of esters is 3. The second kappa shape index (κ2) is 50.3. The molecule has 356 valence electrons. The predicted molar refractivity (Wildman–Crippen MR) is 261 cm³/mol. The van der Waals surface area contributed by atoms with E-state index in [-0.39, 0.29) is 31.1 Å². The van der Waals surface area contributed by atoms with E-state index in [1.807, 2.05) is 0 Å². The van der Waals surface area contributed by atoms with Crippen LogP contribution in [0.3, 0.4) is 0 Å². The summed E-state index contributed by atoms with van der Waals surface area (Å²) in [4.78, 5) is 38.0. The van der Waals surface area contributed by atoms with E-state index in [0.29, 0.717) is 19.3 Å². The zero-order valence-corrected chi connectivity index (χ0v) is 40.7. The van der Waals surface area contributed by atoms with Gasteiger partial charge in [0.25, 0.3) is 0 Å². The summed E-state index contributed by atoms with van der Waals surface area (Å²) in [6.45, 7) is 6.61. The van der Waals surface area contributed by atoms with Crippen LogP contribution < -0.4 is 0 Å². The largest absolute Gasteiger partial charge is 0.462 e. The average Bonchev–Trinajstić information content (AvgIpc) is 3.26. The molecule has 0 unspecified atom stereocenters. The third-order valence-electron chi connectivity index (χ3n) is 11.6. The summed E-state index contributed by atoms with van der Waals surface area (Å²) in [6, 6.07) is 0. The molecule has 61 heavy (non-hydrogen) atoms. The van der Waals surface area contributed by atoms with Gasteiger partial charge in [0.1, 0.15) is 13.2 Å². The molecule has 0 heterocycles. The SMILES string of the molecule is CCCCC/C=C\C/C=C\CCCCCCCCCC(=O)OC[C@@H](COC(=O)CCCCCCCCCCCCCC)OC(=O)CCCCCCC/C=C\CCCCCCC. The number of rotatable bonds is 48. The molecule has 0 aromatic heterocycles. The molecule has 0 aromatic carbocycles. The Hall–Kier alpha value is -2.37. The predicted octanol–water partition coefficient (Wildman–Crippen LogP) is 17.3. The lowest BCUT2D eigenvalue weighted by Gasteiger charge is -2.18. The average molecular weight is 857 g/mol. The number of carbonyl (C=O) groups excluding carboxylic acids is 3. The second-order valence-corrected chi connectivity index (χ2v) is 17.8. The van der Waals surface area contributed by atoms with Crippen molar-refractivity contribution in [3.63, 3.8) is 0 Å². The molecular formula is C55H100O6. The van der Waals surface area contributed by atoms with E-state index in [2.05, 4.69) is 57.2 Å². The molecule has 0 rings (SSSR count). The van der Waals surface area contributed by atoms with Crippen molar-refractivity contribution in [2.75, 3.05) is 13.2 Å². The maximum Gasteiger partial charge on any atom is 0.306 e. The molecule has 0 fully saturated rings. The smallest absolute Gasteiger partial charge is 0.306 e. The molecule has 0 spiro atoms. The molecule has 0 saturated heterocycles. The van der Waals surface area contributed by atoms with Gasteiger partial charge in [0.15, 0.2) is 6.10 Å². The zero-order chi connectivity index (χ0) is 44.4. The van der Waals surface area contributed by atoms with Crippen LogP contribution in [0, 0.1) is 0 Å². The molecule has 0 aliphatic carbocycles. The monoisotopic (exact) mass is 857 g/mol. The molecule has 0 aromatic rings. The molecule has 0 amide bonds. The Morgan fingerprint density at radius 1 is 0.328 bits per heavy atom. The number of ether oxygens (including phenoxy) is 3. The summed E-state index contributed by atoms with van der Waals surface area (Å²) in [7, 11) is 0. The van der Waals surface area contributed by atoms with Crippen molar-refractivity contribution < 1.29 is 28.6 Å². The Kier molecular flexibility index (Phi) is 48.3. The molecule has 6 nitrogen and oxygen atoms in total. The first-order valence-electron chi connectivity index (χ1n) is 26.5. The van der Waals surface area contributed by atoms with Gasteiger partial charge in [0, 0.05) is 19.3 Å². The van der Waals surface area contributed by atoms with Gasteiger partial charge in [-0.15, -0.1) is 0 Å². The first kappa shape index (κ1) is 58.6. The van der Waals surface area contributed by atoms with Crippen LogP contribution in [0.5, 0.6) is 0 Å². The Morgan fingerprint density at radius 3 is 0.951 bits per heavy atom. The van der Waals surface area contributed by atoms with Gasteiger partial charge < -0.3 is 14.2 Å². The van der Waals surface area contributed by atoms with Crippen LogP contribution in [-0.2, 0) is 28.6 Å². The Balaban J connectivity index is 4.36. The summed E-state index contributed by atoms with van der Waals surface area (Å²) in [6.07, 6.45) is 58.3. The van der Waals surface area contributed by atoms with Crippen molar-refractivity contribution in [3.05, 3.63) is 36.5 Å². The lowest BCUT2D eigenvalue weighted by molar-refractivity contribution is -0.167. The second-order valence-electron chi connectivity index (χ2n) is 17.8. The van der Waals surface area contributed by atoms with E-state index >= 15 is 0 Å². The first-order chi connectivity index (χ1) is 30.0. The maximum absolute atomic E-state index is 12.8. The van der Waals surface area contributed by atoms with E-state index in [1.165, 1.54) is 161 Å². The summed E-state index contributed by atoms with van der Waals surface area (Å²) in [5, 5.41) is 0. The minimum atomic E-state index is -0.775. The number of allylic oxidation sites excluding steroid dienone is 6. The molecule has 6 heteroatoms. The van der Waals surface area contributed by atoms with Crippen molar-refractivity contribution in [3.8, 4) is 0 Å². The highest BCUT2D eigenvalue weighted by atomic mass is 16.6. The molecule has 0 aliphatic heterocycles. The highest BCUT2D eigenvalue weighted by Gasteiger charge is 2.19. The topological polar surface area (TPSA) is 78.9 Å². The fourth-order valence-corrected chi connectivity index (χ4v) is 7.59. The fourth-order valence-electron chi connectivity index (χ4n) is 7.59. The number of carbonyl (C=O) groups is 3. The fraction of sp³-hybridized carbons (Fsp3) is 0.836. The van der Waals surface area contributed by atoms with Gasteiger partial charge in [-0.05, 0) is 77.0 Å². The highest BCUT2D eigenvalue weighted by Crippen LogP contribution is 2.15. The van der Waals surface area contributed by atoms with Gasteiger partial charge in [-0.1, -0.05) is 218 Å². The Bertz CT molecular complexity index is 1030. The minimum Gasteiger partial charge on any atom is -0.462 e. The molecule has 0 radical (unpaired) electrons. The van der Waals surface area contributed by atoms with Crippen LogP contribution in [0.4, 0.5) is 0 Å². The van der Waals surface area contributed by atoms with E-state index < -0.39 is 6.10 Å². The van der Waals surface area contributed by atoms with E-state index in [0.717, 1.165) is 77.0 Å². The van der Waals surface area contributed by atoms with Gasteiger partial charge in [-0.3, -0.25) is 14.4 Å². The van der Waals surface area contributed by atoms with E-state index in [1.54, 1.807) is 0 Å². The number of hydrogen-bond acceptors (Lipinski definition) is 6. The van der Waals surface area contributed by atoms with Crippen LogP contribution in [0.2, 0.25) is 0 Å². The Morgan fingerprint density at radius 2 is 0.590 bits per heavy atom. The lowest BCUT2D eigenvalue weighted by Crippen LogP contribution is -2.30. The van der Waals surface area contributed by atoms with Crippen molar-refractivity contribution in [1.29, 1.82) is 0 Å². The van der Waals surface area contributed by atoms with Crippen molar-refractivity contribution >= 4 is 17.9 Å². The van der Waals surface area contributed by atoms with Crippen LogP contribution >= 0.6 is 0 Å². The molecule has 0 saturated carbocycles. The van der Waals surface area contributed by atoms with Crippen molar-refractivity contribution in [1.82, 2.24) is 0 Å². The summed E-state index contributed by atoms with van der Waals surface area (Å²) in [5.41, 5.74) is 0. The molecule has 0 bridgehead atoms. The normalized spacial score (nSPS) is 12.2. The number of unbranched alkanes of at least 4 members (excludes halogenated alkanes) is 31. The minimum absolute atomic E-state index is 0.0751. The van der Waals surface area contributed by atoms with Crippen LogP contribution in [0.25, 0.3) is 0 Å². The van der Waals surface area contributed by atoms with Crippen molar-refractivity contribution in [2.45, 2.75) is 284 Å². The quantitative estimate of drug-likeness (QED) is 0.0262. The summed E-state index contributed by atoms with van der Waals surface area (Å²) in [5.74, 6) is -0.881. The first-order valence-corrected chi connectivity index (χ1v) is 26.5. The zero-order valence-electron chi connectivity index (χ0n) is 40.7. The molecule has 0 N–H and O–H groups in total. The molecule has 0 aliphatic rings. The van der Waals surface area contributed by atoms with E-state index in [9.17, 15) is 14.4 Å². The van der Waals surface area contributed by atoms with Crippen molar-refractivity contribution in [2.24, 2.45) is 0 Å². The lowest BCUT2D eigenvalue weighted by atomic mass is 10.0. The van der Waals surface area contributed by atoms with Crippen LogP contribution in [0.15, 0.2) is 36.5 Å². The van der Waals surface area contributed by atoms with Gasteiger partial charge in [-0.2, -0.15) is 0 Å². The van der Waals surface area contributed by atoms with E-state index in [4.69, 9.17) is 14.2 Å². The van der Waals surface area contributed by atoms with Gasteiger partial charge in [-0.25, -0.2) is 0 Å². The third-order valence-corrected chi connectivity index (χ3v) is 11.6. The Labute approximate surface area is 378 Å². The standard InChI is InChI=1S/C55H100O6/c1-4-7-10-13-16-19-22-25-27-28-29-31-33-36-39-42-45-48-54(57)60-51-52(50-59-53(56)47-44-41-38-35-32-24-21-18-15-12-9-6-3)61-55(58)49-46-43-40-37-34-30-26-23-20-17-14-11-8-5-2/h16,19,23,25-27,52H,4-15,17-18,20-22,24,28-51H2,1-3H3/b19-16-,26-23-,27-25-/t52-/m1/s1. The maximum atomic E-state index is 12.8. The molecule has 1 atom stereocenters.